The van der Waals surface area contributed by atoms with Crippen LogP contribution in [0.5, 0.6) is 0 Å². The average Bonchev–Trinajstić information content (AvgIpc) is 2.98. The Kier molecular flexibility index (Phi) is 8.20. The van der Waals surface area contributed by atoms with Crippen molar-refractivity contribution in [2.24, 2.45) is 0 Å². The number of rotatable bonds is 10. The first-order valence-corrected chi connectivity index (χ1v) is 13.8. The molecule has 0 aliphatic rings. The molecule has 0 aliphatic heterocycles. The highest BCUT2D eigenvalue weighted by Gasteiger charge is 2.22. The Labute approximate surface area is 227 Å². The second kappa shape index (κ2) is 12.3. The van der Waals surface area contributed by atoms with Crippen LogP contribution in [0.4, 0.5) is 34.1 Å². The van der Waals surface area contributed by atoms with Crippen LogP contribution in [-0.2, 0) is 12.8 Å². The van der Waals surface area contributed by atoms with Crippen LogP contribution in [0.25, 0.3) is 0 Å². The summed E-state index contributed by atoms with van der Waals surface area (Å²) in [5.41, 5.74) is 9.93. The van der Waals surface area contributed by atoms with Gasteiger partial charge in [-0.15, -0.1) is 0 Å². The number of benzene rings is 5. The molecule has 0 radical (unpaired) electrons. The first kappa shape index (κ1) is 25.4. The van der Waals surface area contributed by atoms with Gasteiger partial charge >= 0.3 is 0 Å². The molecule has 2 heteroatoms. The minimum absolute atomic E-state index is 1.00. The van der Waals surface area contributed by atoms with E-state index in [9.17, 15) is 0 Å². The number of hydrogen-bond donors (Lipinski definition) is 0. The molecule has 0 atom stereocenters. The molecule has 0 unspecified atom stereocenters. The van der Waals surface area contributed by atoms with Gasteiger partial charge in [-0.2, -0.15) is 0 Å². The Balaban J connectivity index is 1.76. The molecule has 5 rings (SSSR count). The molecule has 38 heavy (non-hydrogen) atoms. The van der Waals surface area contributed by atoms with Gasteiger partial charge in [0, 0.05) is 34.1 Å². The molecule has 0 saturated carbocycles. The van der Waals surface area contributed by atoms with Crippen LogP contribution in [-0.4, -0.2) is 0 Å². The van der Waals surface area contributed by atoms with Gasteiger partial charge < -0.3 is 9.80 Å². The van der Waals surface area contributed by atoms with E-state index in [1.54, 1.807) is 0 Å². The number of hydrogen-bond acceptors (Lipinski definition) is 2. The van der Waals surface area contributed by atoms with Gasteiger partial charge in [-0.1, -0.05) is 99.5 Å². The van der Waals surface area contributed by atoms with Gasteiger partial charge in [0.2, 0.25) is 0 Å². The lowest BCUT2D eigenvalue weighted by atomic mass is 9.97. The summed E-state index contributed by atoms with van der Waals surface area (Å²) in [6.07, 6.45) is 4.16. The average molecular weight is 497 g/mol. The maximum Gasteiger partial charge on any atom is 0.0497 e. The van der Waals surface area contributed by atoms with Crippen LogP contribution in [0, 0.1) is 0 Å². The molecule has 0 aromatic heterocycles. The third-order valence-corrected chi connectivity index (χ3v) is 6.86. The summed E-state index contributed by atoms with van der Waals surface area (Å²) in [5, 5.41) is 0. The topological polar surface area (TPSA) is 6.48 Å². The first-order valence-electron chi connectivity index (χ1n) is 13.8. The summed E-state index contributed by atoms with van der Waals surface area (Å²) in [5.74, 6) is 0. The van der Waals surface area contributed by atoms with Crippen LogP contribution < -0.4 is 9.80 Å². The third-order valence-electron chi connectivity index (χ3n) is 6.86. The van der Waals surface area contributed by atoms with Crippen molar-refractivity contribution in [2.45, 2.75) is 39.5 Å². The maximum atomic E-state index is 2.45. The smallest absolute Gasteiger partial charge is 0.0497 e. The van der Waals surface area contributed by atoms with E-state index in [1.165, 1.54) is 45.3 Å². The van der Waals surface area contributed by atoms with Gasteiger partial charge in [0.05, 0.1) is 0 Å². The molecule has 0 amide bonds. The van der Waals surface area contributed by atoms with E-state index in [-0.39, 0.29) is 0 Å². The number of aryl methyl sites for hydroxylation is 2. The van der Waals surface area contributed by atoms with E-state index < -0.39 is 0 Å². The fraction of sp³-hybridized carbons (Fsp3) is 0.167. The third kappa shape index (κ3) is 5.50. The van der Waals surface area contributed by atoms with Crippen molar-refractivity contribution >= 4 is 34.1 Å². The Morgan fingerprint density at radius 1 is 0.395 bits per heavy atom. The molecule has 0 aliphatic carbocycles. The van der Waals surface area contributed by atoms with Gasteiger partial charge in [-0.25, -0.2) is 0 Å². The molecule has 0 heterocycles. The van der Waals surface area contributed by atoms with Crippen molar-refractivity contribution in [2.75, 3.05) is 9.80 Å². The highest BCUT2D eigenvalue weighted by molar-refractivity contribution is 5.85. The van der Waals surface area contributed by atoms with Crippen molar-refractivity contribution in [1.82, 2.24) is 0 Å². The predicted octanol–water partition coefficient (Wildman–Crippen LogP) is 10.5. The Hall–Kier alpha value is -4.30. The van der Waals surface area contributed by atoms with Crippen molar-refractivity contribution in [3.8, 4) is 0 Å². The number of anilines is 6. The van der Waals surface area contributed by atoms with Gasteiger partial charge in [0.15, 0.2) is 0 Å². The molecule has 5 aromatic carbocycles. The van der Waals surface area contributed by atoms with Gasteiger partial charge in [-0.3, -0.25) is 0 Å². The van der Waals surface area contributed by atoms with E-state index in [1.807, 2.05) is 0 Å². The highest BCUT2D eigenvalue weighted by atomic mass is 15.2. The molecule has 0 N–H and O–H groups in total. The Bertz CT molecular complexity index is 1220. The lowest BCUT2D eigenvalue weighted by Crippen LogP contribution is -2.16. The summed E-state index contributed by atoms with van der Waals surface area (Å²) in [7, 11) is 0. The summed E-state index contributed by atoms with van der Waals surface area (Å²) in [6.45, 7) is 4.54. The normalized spacial score (nSPS) is 10.8. The second-order valence-electron chi connectivity index (χ2n) is 9.62. The van der Waals surface area contributed by atoms with Gasteiger partial charge in [0.1, 0.15) is 0 Å². The highest BCUT2D eigenvalue weighted by Crippen LogP contribution is 2.43. The maximum absolute atomic E-state index is 2.45. The molecule has 5 aromatic rings. The molecule has 2 nitrogen and oxygen atoms in total. The zero-order chi connectivity index (χ0) is 26.2. The lowest BCUT2D eigenvalue weighted by Gasteiger charge is -2.32. The Morgan fingerprint density at radius 3 is 0.895 bits per heavy atom. The van der Waals surface area contributed by atoms with E-state index >= 15 is 0 Å². The van der Waals surface area contributed by atoms with Crippen molar-refractivity contribution in [3.63, 3.8) is 0 Å². The molecule has 0 fully saturated rings. The molecule has 0 bridgehead atoms. The molecule has 0 saturated heterocycles. The van der Waals surface area contributed by atoms with Crippen molar-refractivity contribution < 1.29 is 0 Å². The van der Waals surface area contributed by atoms with E-state index in [0.717, 1.165) is 25.7 Å². The van der Waals surface area contributed by atoms with Crippen LogP contribution in [0.1, 0.15) is 37.8 Å². The molecular formula is C36H36N2. The van der Waals surface area contributed by atoms with Crippen molar-refractivity contribution in [1.29, 1.82) is 0 Å². The zero-order valence-electron chi connectivity index (χ0n) is 22.4. The first-order chi connectivity index (χ1) is 18.8. The van der Waals surface area contributed by atoms with Crippen LogP contribution in [0.15, 0.2) is 133 Å². The monoisotopic (exact) mass is 496 g/mol. The van der Waals surface area contributed by atoms with Gasteiger partial charge in [0.25, 0.3) is 0 Å². The SMILES string of the molecule is CCCc1cc(N(c2ccccc2)c2ccccc2)c(CCC)cc1N(c1ccccc1)c1ccccc1. The summed E-state index contributed by atoms with van der Waals surface area (Å²) >= 11 is 0. The fourth-order valence-corrected chi connectivity index (χ4v) is 5.18. The largest absolute Gasteiger partial charge is 0.310 e. The number of nitrogens with zero attached hydrogens (tertiary/aromatic N) is 2. The zero-order valence-corrected chi connectivity index (χ0v) is 22.4. The van der Waals surface area contributed by atoms with Crippen LogP contribution >= 0.6 is 0 Å². The van der Waals surface area contributed by atoms with Crippen molar-refractivity contribution in [3.05, 3.63) is 145 Å². The standard InChI is InChI=1S/C36H36N2/c1-3-17-29-27-36(38(33-23-13-7-14-24-33)34-25-15-8-16-26-34)30(18-4-2)28-35(29)37(31-19-9-5-10-20-31)32-21-11-6-12-22-32/h5-16,19-28H,3-4,17-18H2,1-2H3. The van der Waals surface area contributed by atoms with Crippen LogP contribution in [0.3, 0.4) is 0 Å². The van der Waals surface area contributed by atoms with Crippen LogP contribution in [0.2, 0.25) is 0 Å². The van der Waals surface area contributed by atoms with Gasteiger partial charge in [-0.05, 0) is 84.6 Å². The molecule has 0 spiro atoms. The molecular weight excluding hydrogens is 460 g/mol. The predicted molar refractivity (Wildman–Crippen MR) is 164 cm³/mol. The van der Waals surface area contributed by atoms with E-state index in [2.05, 4.69) is 157 Å². The summed E-state index contributed by atoms with van der Waals surface area (Å²) < 4.78 is 0. The minimum Gasteiger partial charge on any atom is -0.310 e. The van der Waals surface area contributed by atoms with E-state index in [0.29, 0.717) is 0 Å². The number of para-hydroxylation sites is 4. The summed E-state index contributed by atoms with van der Waals surface area (Å²) in [6, 6.07) is 47.9. The quantitative estimate of drug-likeness (QED) is 0.190. The Morgan fingerprint density at radius 2 is 0.658 bits per heavy atom. The summed E-state index contributed by atoms with van der Waals surface area (Å²) in [4.78, 5) is 4.84. The molecule has 190 valence electrons. The fourth-order valence-electron chi connectivity index (χ4n) is 5.18. The second-order valence-corrected chi connectivity index (χ2v) is 9.62. The van der Waals surface area contributed by atoms with E-state index in [4.69, 9.17) is 0 Å². The lowest BCUT2D eigenvalue weighted by molar-refractivity contribution is 0.899. The minimum atomic E-state index is 1.00.